The van der Waals surface area contributed by atoms with Gasteiger partial charge in [0.25, 0.3) is 5.91 Å². The molecule has 2 aliphatic heterocycles. The van der Waals surface area contributed by atoms with E-state index in [0.717, 1.165) is 29.1 Å². The second kappa shape index (κ2) is 12.8. The van der Waals surface area contributed by atoms with E-state index in [9.17, 15) is 28.0 Å². The molecule has 1 saturated carbocycles. The Morgan fingerprint density at radius 1 is 1.19 bits per heavy atom. The van der Waals surface area contributed by atoms with Gasteiger partial charge in [0.2, 0.25) is 0 Å². The van der Waals surface area contributed by atoms with E-state index in [4.69, 9.17) is 21.7 Å². The van der Waals surface area contributed by atoms with E-state index in [1.165, 1.54) is 6.07 Å². The largest absolute Gasteiger partial charge is 0.493 e. The van der Waals surface area contributed by atoms with Crippen LogP contribution in [0.1, 0.15) is 84.0 Å². The van der Waals surface area contributed by atoms with Crippen LogP contribution < -0.4 is 19.9 Å². The molecular formula is C34H41F3N6O4S. The highest BCUT2D eigenvalue weighted by Gasteiger charge is 2.60. The van der Waals surface area contributed by atoms with Gasteiger partial charge >= 0.3 is 12.3 Å². The molecule has 2 aromatic rings. The summed E-state index contributed by atoms with van der Waals surface area (Å²) in [6.45, 7) is 13.1. The fourth-order valence-corrected chi connectivity index (χ4v) is 7.14. The second-order valence-electron chi connectivity index (χ2n) is 13.9. The molecule has 1 unspecified atom stereocenters. The molecular weight excluding hydrogens is 645 g/mol. The van der Waals surface area contributed by atoms with Crippen LogP contribution >= 0.6 is 12.2 Å². The molecule has 0 bridgehead atoms. The zero-order valence-electron chi connectivity index (χ0n) is 28.0. The first-order valence-electron chi connectivity index (χ1n) is 16.1. The molecule has 1 atom stereocenters. The molecule has 1 aliphatic carbocycles. The third kappa shape index (κ3) is 6.42. The number of nitriles is 1. The fraction of sp³-hybridized carbons (Fsp3) is 0.559. The number of aromatic nitrogens is 1. The SMILES string of the molecule is CCc1cc(N2C(=S)N(c3cnc(C#N)c(C(F)(F)F)c3)C(=O)C23CCC3)ccc1OCCC1NCCN(C(=O)OC(C)(C)C)C1(C)C. The Hall–Kier alpha value is -3.96. The average molecular weight is 687 g/mol. The van der Waals surface area contributed by atoms with Crippen molar-refractivity contribution in [3.8, 4) is 11.8 Å². The summed E-state index contributed by atoms with van der Waals surface area (Å²) in [5.74, 6) is 0.251. The monoisotopic (exact) mass is 686 g/mol. The van der Waals surface area contributed by atoms with Gasteiger partial charge in [-0.05, 0) is 109 Å². The number of carbonyl (C=O) groups is 2. The van der Waals surface area contributed by atoms with Crippen LogP contribution in [0.5, 0.6) is 5.75 Å². The minimum atomic E-state index is -4.83. The molecule has 2 amide bonds. The summed E-state index contributed by atoms with van der Waals surface area (Å²) in [5, 5.41) is 12.7. The van der Waals surface area contributed by atoms with Gasteiger partial charge in [-0.2, -0.15) is 18.4 Å². The number of piperazine rings is 1. The average Bonchev–Trinajstić information content (AvgIpc) is 3.22. The van der Waals surface area contributed by atoms with Gasteiger partial charge < -0.3 is 24.6 Å². The lowest BCUT2D eigenvalue weighted by molar-refractivity contribution is -0.138. The van der Waals surface area contributed by atoms with Crippen molar-refractivity contribution in [2.45, 2.75) is 103 Å². The molecule has 1 aromatic carbocycles. The standard InChI is InChI=1S/C34H41F3N6O4S/c1-7-21-17-22(9-10-26(21)46-16-11-27-32(5,6)41(15-14-39-27)30(45)47-31(2,3)4)43-29(48)42(28(44)33(43)12-8-13-33)23-18-24(34(35,36)37)25(19-38)40-20-23/h9-10,17-18,20,27,39H,7-8,11-16H2,1-6H3. The van der Waals surface area contributed by atoms with Gasteiger partial charge in [-0.3, -0.25) is 9.69 Å². The molecule has 48 heavy (non-hydrogen) atoms. The van der Waals surface area contributed by atoms with Crippen LogP contribution in [0.4, 0.5) is 29.3 Å². The van der Waals surface area contributed by atoms with E-state index in [0.29, 0.717) is 56.8 Å². The van der Waals surface area contributed by atoms with Crippen molar-refractivity contribution in [2.75, 3.05) is 29.5 Å². The number of amides is 2. The first-order valence-corrected chi connectivity index (χ1v) is 16.5. The maximum atomic E-state index is 13.9. The smallest absolute Gasteiger partial charge is 0.419 e. The third-order valence-corrected chi connectivity index (χ3v) is 9.74. The summed E-state index contributed by atoms with van der Waals surface area (Å²) < 4.78 is 53.2. The number of aryl methyl sites for hydroxylation is 1. The number of hydrogen-bond donors (Lipinski definition) is 1. The minimum absolute atomic E-state index is 0.0462. The summed E-state index contributed by atoms with van der Waals surface area (Å²) in [6.07, 6.45) is -1.13. The van der Waals surface area contributed by atoms with E-state index in [1.807, 2.05) is 59.7 Å². The van der Waals surface area contributed by atoms with Crippen LogP contribution in [-0.2, 0) is 22.1 Å². The van der Waals surface area contributed by atoms with Crippen LogP contribution in [-0.4, -0.2) is 69.4 Å². The number of thiocarbonyl (C=S) groups is 1. The molecule has 1 N–H and O–H groups in total. The van der Waals surface area contributed by atoms with E-state index in [2.05, 4.69) is 10.3 Å². The van der Waals surface area contributed by atoms with Gasteiger partial charge in [-0.1, -0.05) is 6.92 Å². The van der Waals surface area contributed by atoms with Crippen LogP contribution in [0, 0.1) is 11.3 Å². The molecule has 1 spiro atoms. The van der Waals surface area contributed by atoms with Crippen molar-refractivity contribution in [1.29, 1.82) is 5.26 Å². The van der Waals surface area contributed by atoms with E-state index >= 15 is 0 Å². The number of pyridine rings is 1. The van der Waals surface area contributed by atoms with Crippen molar-refractivity contribution in [1.82, 2.24) is 15.2 Å². The second-order valence-corrected chi connectivity index (χ2v) is 14.3. The fourth-order valence-electron chi connectivity index (χ4n) is 6.67. The Bertz CT molecular complexity index is 1650. The Labute approximate surface area is 284 Å². The van der Waals surface area contributed by atoms with E-state index in [-0.39, 0.29) is 22.9 Å². The van der Waals surface area contributed by atoms with Gasteiger partial charge in [-0.15, -0.1) is 0 Å². The van der Waals surface area contributed by atoms with Gasteiger partial charge in [0, 0.05) is 24.8 Å². The highest BCUT2D eigenvalue weighted by atomic mass is 32.1. The van der Waals surface area contributed by atoms with Crippen LogP contribution in [0.2, 0.25) is 0 Å². The maximum Gasteiger partial charge on any atom is 0.419 e. The molecule has 10 nitrogen and oxygen atoms in total. The molecule has 3 fully saturated rings. The molecule has 0 radical (unpaired) electrons. The van der Waals surface area contributed by atoms with Crippen LogP contribution in [0.15, 0.2) is 30.5 Å². The molecule has 2 saturated heterocycles. The number of carbonyl (C=O) groups excluding carboxylic acids is 2. The zero-order chi connectivity index (χ0) is 35.2. The number of hydrogen-bond acceptors (Lipinski definition) is 8. The predicted octanol–water partition coefficient (Wildman–Crippen LogP) is 6.35. The van der Waals surface area contributed by atoms with Crippen molar-refractivity contribution >= 4 is 40.7 Å². The third-order valence-electron chi connectivity index (χ3n) is 9.37. The maximum absolute atomic E-state index is 13.9. The number of anilines is 2. The molecule has 3 heterocycles. The van der Waals surface area contributed by atoms with Crippen molar-refractivity contribution in [2.24, 2.45) is 0 Å². The number of rotatable bonds is 7. The van der Waals surface area contributed by atoms with Crippen molar-refractivity contribution < 1.29 is 32.2 Å². The van der Waals surface area contributed by atoms with E-state index in [1.54, 1.807) is 9.80 Å². The van der Waals surface area contributed by atoms with Crippen LogP contribution in [0.25, 0.3) is 0 Å². The van der Waals surface area contributed by atoms with Crippen LogP contribution in [0.3, 0.4) is 0 Å². The lowest BCUT2D eigenvalue weighted by atomic mass is 9.75. The number of nitrogens with zero attached hydrogens (tertiary/aromatic N) is 5. The van der Waals surface area contributed by atoms with Gasteiger partial charge in [0.05, 0.1) is 29.6 Å². The molecule has 14 heteroatoms. The predicted molar refractivity (Wildman–Crippen MR) is 178 cm³/mol. The Morgan fingerprint density at radius 3 is 2.48 bits per heavy atom. The zero-order valence-corrected chi connectivity index (χ0v) is 28.8. The number of benzene rings is 1. The van der Waals surface area contributed by atoms with Crippen molar-refractivity contribution in [3.63, 3.8) is 0 Å². The minimum Gasteiger partial charge on any atom is -0.493 e. The highest BCUT2D eigenvalue weighted by molar-refractivity contribution is 7.81. The quantitative estimate of drug-likeness (QED) is 0.333. The summed E-state index contributed by atoms with van der Waals surface area (Å²) in [4.78, 5) is 35.1. The Kier molecular flexibility index (Phi) is 9.44. The summed E-state index contributed by atoms with van der Waals surface area (Å²) in [7, 11) is 0. The topological polar surface area (TPSA) is 111 Å². The normalized spacial score (nSPS) is 20.5. The first-order chi connectivity index (χ1) is 22.4. The Morgan fingerprint density at radius 2 is 1.90 bits per heavy atom. The van der Waals surface area contributed by atoms with Gasteiger partial charge in [0.15, 0.2) is 10.8 Å². The van der Waals surface area contributed by atoms with Crippen molar-refractivity contribution in [3.05, 3.63) is 47.3 Å². The first kappa shape index (κ1) is 35.3. The lowest BCUT2D eigenvalue weighted by Crippen LogP contribution is -2.66. The molecule has 5 rings (SSSR count). The summed E-state index contributed by atoms with van der Waals surface area (Å²) in [6, 6.07) is 7.73. The number of alkyl halides is 3. The number of ether oxygens (including phenoxy) is 2. The van der Waals surface area contributed by atoms with E-state index < -0.39 is 40.0 Å². The molecule has 3 aliphatic rings. The number of nitrogens with one attached hydrogen (secondary N) is 1. The summed E-state index contributed by atoms with van der Waals surface area (Å²) >= 11 is 5.76. The molecule has 258 valence electrons. The number of halogens is 3. The van der Waals surface area contributed by atoms with Gasteiger partial charge in [0.1, 0.15) is 23.0 Å². The van der Waals surface area contributed by atoms with Gasteiger partial charge in [-0.25, -0.2) is 9.78 Å². The lowest BCUT2D eigenvalue weighted by Gasteiger charge is -2.48. The summed E-state index contributed by atoms with van der Waals surface area (Å²) in [5.41, 5.74) is -2.75. The molecule has 1 aromatic heterocycles. The Balaban J connectivity index is 1.34. The highest BCUT2D eigenvalue weighted by Crippen LogP contribution is 2.49.